The highest BCUT2D eigenvalue weighted by atomic mass is 79.9. The van der Waals surface area contributed by atoms with E-state index in [0.717, 1.165) is 49.4 Å². The number of aromatic nitrogens is 2. The Morgan fingerprint density at radius 3 is 2.90 bits per heavy atom. The number of likely N-dealkylation sites (tertiary alicyclic amines) is 1. The number of aryl methyl sites for hydroxylation is 2. The summed E-state index contributed by atoms with van der Waals surface area (Å²) in [5.74, 6) is 0. The van der Waals surface area contributed by atoms with Crippen LogP contribution >= 0.6 is 15.9 Å². The number of nitrogens with zero attached hydrogens (tertiary/aromatic N) is 3. The molecule has 20 heavy (non-hydrogen) atoms. The molecule has 1 aromatic rings. The van der Waals surface area contributed by atoms with Crippen molar-refractivity contribution in [3.63, 3.8) is 0 Å². The molecule has 0 bridgehead atoms. The number of ether oxygens (including phenoxy) is 1. The summed E-state index contributed by atoms with van der Waals surface area (Å²) in [5.41, 5.74) is 2.37. The molecule has 1 aliphatic heterocycles. The first-order valence-corrected chi connectivity index (χ1v) is 8.50. The lowest BCUT2D eigenvalue weighted by Gasteiger charge is -2.32. The fraction of sp³-hybridized carbons (Fsp3) is 0.800. The fourth-order valence-electron chi connectivity index (χ4n) is 2.81. The predicted octanol–water partition coefficient (Wildman–Crippen LogP) is 3.36. The van der Waals surface area contributed by atoms with Crippen molar-refractivity contribution < 1.29 is 4.74 Å². The Labute approximate surface area is 130 Å². The Kier molecular flexibility index (Phi) is 6.05. The van der Waals surface area contributed by atoms with Crippen LogP contribution in [0, 0.1) is 6.92 Å². The minimum Gasteiger partial charge on any atom is -0.377 e. The lowest BCUT2D eigenvalue weighted by Crippen LogP contribution is -2.39. The minimum atomic E-state index is 0.404. The van der Waals surface area contributed by atoms with Crippen LogP contribution in [0.15, 0.2) is 4.47 Å². The van der Waals surface area contributed by atoms with Gasteiger partial charge in [-0.05, 0) is 55.6 Å². The third kappa shape index (κ3) is 3.83. The monoisotopic (exact) mass is 343 g/mol. The highest BCUT2D eigenvalue weighted by Crippen LogP contribution is 2.24. The zero-order valence-corrected chi connectivity index (χ0v) is 14.4. The van der Waals surface area contributed by atoms with Crippen LogP contribution in [0.5, 0.6) is 0 Å². The first kappa shape index (κ1) is 16.0. The van der Waals surface area contributed by atoms with E-state index in [-0.39, 0.29) is 0 Å². The smallest absolute Gasteiger partial charge is 0.0739 e. The van der Waals surface area contributed by atoms with E-state index in [4.69, 9.17) is 4.74 Å². The Bertz CT molecular complexity index is 433. The van der Waals surface area contributed by atoms with E-state index < -0.39 is 0 Å². The molecule has 0 aromatic carbocycles. The summed E-state index contributed by atoms with van der Waals surface area (Å²) in [7, 11) is 0. The standard InChI is InChI=1S/C15H26BrN3O/c1-4-9-20-13-7-6-8-18(10-13)11-14-15(16)12(3)17-19(14)5-2/h13H,4-11H2,1-3H3. The molecule has 4 nitrogen and oxygen atoms in total. The second-order valence-corrected chi connectivity index (χ2v) is 6.32. The van der Waals surface area contributed by atoms with E-state index in [1.54, 1.807) is 0 Å². The van der Waals surface area contributed by atoms with E-state index in [1.165, 1.54) is 18.5 Å². The quantitative estimate of drug-likeness (QED) is 0.793. The number of rotatable bonds is 6. The summed E-state index contributed by atoms with van der Waals surface area (Å²) >= 11 is 3.68. The lowest BCUT2D eigenvalue weighted by atomic mass is 10.1. The molecule has 1 unspecified atom stereocenters. The third-order valence-electron chi connectivity index (χ3n) is 3.85. The van der Waals surface area contributed by atoms with Crippen LogP contribution in [-0.2, 0) is 17.8 Å². The Morgan fingerprint density at radius 1 is 1.40 bits per heavy atom. The molecule has 2 rings (SSSR count). The van der Waals surface area contributed by atoms with Crippen molar-refractivity contribution in [3.05, 3.63) is 15.9 Å². The zero-order valence-electron chi connectivity index (χ0n) is 12.9. The maximum atomic E-state index is 5.92. The number of hydrogen-bond acceptors (Lipinski definition) is 3. The molecule has 1 aromatic heterocycles. The summed E-state index contributed by atoms with van der Waals surface area (Å²) in [6.45, 7) is 11.3. The molecule has 2 heterocycles. The van der Waals surface area contributed by atoms with Crippen LogP contribution in [0.3, 0.4) is 0 Å². The van der Waals surface area contributed by atoms with Gasteiger partial charge in [0, 0.05) is 26.2 Å². The second kappa shape index (κ2) is 7.57. The summed E-state index contributed by atoms with van der Waals surface area (Å²) in [6, 6.07) is 0. The van der Waals surface area contributed by atoms with Crippen LogP contribution in [0.25, 0.3) is 0 Å². The molecule has 1 aliphatic rings. The number of hydrogen-bond donors (Lipinski definition) is 0. The number of piperidine rings is 1. The molecule has 0 spiro atoms. The van der Waals surface area contributed by atoms with Gasteiger partial charge in [0.2, 0.25) is 0 Å². The molecule has 1 atom stereocenters. The summed E-state index contributed by atoms with van der Waals surface area (Å²) in [4.78, 5) is 2.50. The molecular weight excluding hydrogens is 318 g/mol. The van der Waals surface area contributed by atoms with Crippen molar-refractivity contribution in [1.29, 1.82) is 0 Å². The Hall–Kier alpha value is -0.390. The fourth-order valence-corrected chi connectivity index (χ4v) is 3.22. The Morgan fingerprint density at radius 2 is 2.20 bits per heavy atom. The SMILES string of the molecule is CCCOC1CCCN(Cc2c(Br)c(C)nn2CC)C1. The maximum absolute atomic E-state index is 5.92. The van der Waals surface area contributed by atoms with E-state index in [0.29, 0.717) is 6.10 Å². The molecule has 0 aliphatic carbocycles. The van der Waals surface area contributed by atoms with Crippen molar-refractivity contribution in [2.45, 2.75) is 59.2 Å². The van der Waals surface area contributed by atoms with Crippen molar-refractivity contribution in [2.75, 3.05) is 19.7 Å². The van der Waals surface area contributed by atoms with Crippen LogP contribution in [0.1, 0.15) is 44.5 Å². The van der Waals surface area contributed by atoms with Gasteiger partial charge in [-0.25, -0.2) is 0 Å². The first-order chi connectivity index (χ1) is 9.65. The highest BCUT2D eigenvalue weighted by Gasteiger charge is 2.22. The molecular formula is C15H26BrN3O. The van der Waals surface area contributed by atoms with Gasteiger partial charge < -0.3 is 4.74 Å². The van der Waals surface area contributed by atoms with Gasteiger partial charge >= 0.3 is 0 Å². The van der Waals surface area contributed by atoms with Gasteiger partial charge in [-0.3, -0.25) is 9.58 Å². The van der Waals surface area contributed by atoms with E-state index in [2.05, 4.69) is 51.4 Å². The summed E-state index contributed by atoms with van der Waals surface area (Å²) in [5, 5.41) is 4.57. The molecule has 1 saturated heterocycles. The van der Waals surface area contributed by atoms with Crippen LogP contribution < -0.4 is 0 Å². The molecule has 0 radical (unpaired) electrons. The lowest BCUT2D eigenvalue weighted by molar-refractivity contribution is -0.00289. The van der Waals surface area contributed by atoms with Gasteiger partial charge in [0.1, 0.15) is 0 Å². The second-order valence-electron chi connectivity index (χ2n) is 5.53. The third-order valence-corrected chi connectivity index (χ3v) is 4.88. The van der Waals surface area contributed by atoms with Crippen LogP contribution in [0.2, 0.25) is 0 Å². The van der Waals surface area contributed by atoms with Gasteiger partial charge in [0.15, 0.2) is 0 Å². The predicted molar refractivity (Wildman–Crippen MR) is 84.9 cm³/mol. The maximum Gasteiger partial charge on any atom is 0.0739 e. The average Bonchev–Trinajstić information content (AvgIpc) is 2.73. The highest BCUT2D eigenvalue weighted by molar-refractivity contribution is 9.10. The molecule has 114 valence electrons. The molecule has 0 N–H and O–H groups in total. The average molecular weight is 344 g/mol. The number of halogens is 1. The van der Waals surface area contributed by atoms with E-state index in [9.17, 15) is 0 Å². The van der Waals surface area contributed by atoms with Crippen molar-refractivity contribution in [3.8, 4) is 0 Å². The molecule has 0 amide bonds. The van der Waals surface area contributed by atoms with Crippen molar-refractivity contribution >= 4 is 15.9 Å². The normalized spacial score (nSPS) is 20.5. The Balaban J connectivity index is 1.99. The van der Waals surface area contributed by atoms with Crippen molar-refractivity contribution in [1.82, 2.24) is 14.7 Å². The van der Waals surface area contributed by atoms with Gasteiger partial charge in [-0.2, -0.15) is 5.10 Å². The summed E-state index contributed by atoms with van der Waals surface area (Å²) in [6.07, 6.45) is 3.93. The van der Waals surface area contributed by atoms with E-state index in [1.807, 2.05) is 0 Å². The summed E-state index contributed by atoms with van der Waals surface area (Å²) < 4.78 is 9.19. The van der Waals surface area contributed by atoms with Crippen molar-refractivity contribution in [2.24, 2.45) is 0 Å². The topological polar surface area (TPSA) is 30.3 Å². The van der Waals surface area contributed by atoms with Crippen LogP contribution in [0.4, 0.5) is 0 Å². The van der Waals surface area contributed by atoms with Gasteiger partial charge in [-0.15, -0.1) is 0 Å². The largest absolute Gasteiger partial charge is 0.377 e. The minimum absolute atomic E-state index is 0.404. The first-order valence-electron chi connectivity index (χ1n) is 7.71. The van der Waals surface area contributed by atoms with Gasteiger partial charge in [0.05, 0.1) is 22.0 Å². The molecule has 1 fully saturated rings. The molecule has 5 heteroatoms. The van der Waals surface area contributed by atoms with E-state index >= 15 is 0 Å². The molecule has 0 saturated carbocycles. The van der Waals surface area contributed by atoms with Gasteiger partial charge in [0.25, 0.3) is 0 Å². The van der Waals surface area contributed by atoms with Crippen LogP contribution in [-0.4, -0.2) is 40.5 Å². The zero-order chi connectivity index (χ0) is 14.5. The van der Waals surface area contributed by atoms with Gasteiger partial charge in [-0.1, -0.05) is 6.92 Å².